The molecule has 8 nitrogen and oxygen atoms in total. The molecule has 1 aliphatic heterocycles. The van der Waals surface area contributed by atoms with Gasteiger partial charge in [0.1, 0.15) is 24.3 Å². The molecule has 3 heterocycles. The van der Waals surface area contributed by atoms with E-state index in [1.807, 2.05) is 24.0 Å². The Kier molecular flexibility index (Phi) is 5.39. The maximum atomic E-state index is 13.0. The summed E-state index contributed by atoms with van der Waals surface area (Å²) in [6.07, 6.45) is 6.09. The van der Waals surface area contributed by atoms with Gasteiger partial charge in [-0.2, -0.15) is 0 Å². The van der Waals surface area contributed by atoms with Crippen molar-refractivity contribution in [2.45, 2.75) is 58.5 Å². The molecule has 1 amide bonds. The third-order valence-corrected chi connectivity index (χ3v) is 4.89. The number of aromatic nitrogens is 2. The molecule has 1 unspecified atom stereocenters. The lowest BCUT2D eigenvalue weighted by Gasteiger charge is -2.29. The molecular weight excluding hydrogens is 336 g/mol. The van der Waals surface area contributed by atoms with Crippen molar-refractivity contribution in [3.8, 4) is 0 Å². The SMILES string of the molecule is CCc1ccc(C2CCCCCN2C(=O)Cn2cc([N+](=O)[O-])nc2C)o1. The number of carbonyl (C=O) groups excluding carboxylic acids is 1. The number of hydrogen-bond acceptors (Lipinski definition) is 5. The molecule has 0 spiro atoms. The van der Waals surface area contributed by atoms with Crippen LogP contribution in [0.2, 0.25) is 0 Å². The molecule has 2 aromatic rings. The van der Waals surface area contributed by atoms with Gasteiger partial charge in [-0.25, -0.2) is 0 Å². The number of furan rings is 1. The summed E-state index contributed by atoms with van der Waals surface area (Å²) in [5.41, 5.74) is 0. The summed E-state index contributed by atoms with van der Waals surface area (Å²) in [4.78, 5) is 29.1. The Bertz CT molecular complexity index is 795. The van der Waals surface area contributed by atoms with Crippen molar-refractivity contribution in [1.82, 2.24) is 14.5 Å². The summed E-state index contributed by atoms with van der Waals surface area (Å²) in [6.45, 7) is 4.42. The van der Waals surface area contributed by atoms with Crippen molar-refractivity contribution >= 4 is 11.7 Å². The Hall–Kier alpha value is -2.64. The minimum Gasteiger partial charge on any atom is -0.464 e. The Morgan fingerprint density at radius 3 is 2.85 bits per heavy atom. The summed E-state index contributed by atoms with van der Waals surface area (Å²) in [7, 11) is 0. The highest BCUT2D eigenvalue weighted by Gasteiger charge is 2.30. The number of likely N-dealkylation sites (tertiary alicyclic amines) is 1. The third-order valence-electron chi connectivity index (χ3n) is 4.89. The van der Waals surface area contributed by atoms with Gasteiger partial charge in [0.2, 0.25) is 11.7 Å². The van der Waals surface area contributed by atoms with Crippen LogP contribution in [0.5, 0.6) is 0 Å². The van der Waals surface area contributed by atoms with Gasteiger partial charge < -0.3 is 19.4 Å². The van der Waals surface area contributed by atoms with E-state index < -0.39 is 4.92 Å². The highest BCUT2D eigenvalue weighted by atomic mass is 16.6. The number of aryl methyl sites for hydroxylation is 2. The van der Waals surface area contributed by atoms with Crippen LogP contribution in [0, 0.1) is 17.0 Å². The van der Waals surface area contributed by atoms with Gasteiger partial charge in [0.25, 0.3) is 0 Å². The summed E-state index contributed by atoms with van der Waals surface area (Å²) in [6, 6.07) is 3.85. The standard InChI is InChI=1S/C18H24N4O4/c1-3-14-8-9-16(26-14)15-7-5-4-6-10-21(15)18(23)12-20-11-17(22(24)25)19-13(20)2/h8-9,11,15H,3-7,10,12H2,1-2H3. The largest absolute Gasteiger partial charge is 0.464 e. The maximum Gasteiger partial charge on any atom is 0.381 e. The fraction of sp³-hybridized carbons (Fsp3) is 0.556. The quantitative estimate of drug-likeness (QED) is 0.601. The molecule has 0 saturated carbocycles. The second kappa shape index (κ2) is 7.72. The second-order valence-electron chi connectivity index (χ2n) is 6.64. The van der Waals surface area contributed by atoms with Gasteiger partial charge in [-0.1, -0.05) is 19.8 Å². The lowest BCUT2D eigenvalue weighted by Crippen LogP contribution is -2.37. The molecule has 26 heavy (non-hydrogen) atoms. The number of nitro groups is 1. The first-order chi connectivity index (χ1) is 12.5. The Morgan fingerprint density at radius 2 is 2.19 bits per heavy atom. The normalized spacial score (nSPS) is 17.9. The minimum atomic E-state index is -0.544. The number of amides is 1. The lowest BCUT2D eigenvalue weighted by molar-refractivity contribution is -0.389. The van der Waals surface area contributed by atoms with Crippen LogP contribution >= 0.6 is 0 Å². The summed E-state index contributed by atoms with van der Waals surface area (Å²) < 4.78 is 7.46. The van der Waals surface area contributed by atoms with Gasteiger partial charge in [-0.3, -0.25) is 9.36 Å². The molecule has 0 aliphatic carbocycles. The molecule has 1 fully saturated rings. The van der Waals surface area contributed by atoms with E-state index in [2.05, 4.69) is 4.98 Å². The van der Waals surface area contributed by atoms with E-state index >= 15 is 0 Å². The van der Waals surface area contributed by atoms with Crippen molar-refractivity contribution in [3.63, 3.8) is 0 Å². The van der Waals surface area contributed by atoms with Crippen LogP contribution in [0.3, 0.4) is 0 Å². The van der Waals surface area contributed by atoms with E-state index in [4.69, 9.17) is 4.42 Å². The topological polar surface area (TPSA) is 94.4 Å². The predicted octanol–water partition coefficient (Wildman–Crippen LogP) is 3.40. The van der Waals surface area contributed by atoms with Gasteiger partial charge in [0, 0.05) is 19.9 Å². The summed E-state index contributed by atoms with van der Waals surface area (Å²) in [5.74, 6) is 1.90. The maximum absolute atomic E-state index is 13.0. The van der Waals surface area contributed by atoms with E-state index in [1.54, 1.807) is 11.5 Å². The Balaban J connectivity index is 1.81. The summed E-state index contributed by atoms with van der Waals surface area (Å²) in [5, 5.41) is 10.9. The molecular formula is C18H24N4O4. The molecule has 3 rings (SSSR count). The fourth-order valence-electron chi connectivity index (χ4n) is 3.44. The van der Waals surface area contributed by atoms with Gasteiger partial charge in [-0.05, 0) is 34.9 Å². The van der Waals surface area contributed by atoms with E-state index in [9.17, 15) is 14.9 Å². The zero-order valence-electron chi connectivity index (χ0n) is 15.2. The van der Waals surface area contributed by atoms with Crippen molar-refractivity contribution in [3.05, 3.63) is 45.8 Å². The monoisotopic (exact) mass is 360 g/mol. The minimum absolute atomic E-state index is 0.0461. The van der Waals surface area contributed by atoms with Gasteiger partial charge >= 0.3 is 5.82 Å². The average Bonchev–Trinajstić information content (AvgIpc) is 3.15. The molecule has 0 bridgehead atoms. The van der Waals surface area contributed by atoms with Crippen LogP contribution < -0.4 is 0 Å². The van der Waals surface area contributed by atoms with Crippen LogP contribution in [-0.2, 0) is 17.8 Å². The van der Waals surface area contributed by atoms with Gasteiger partial charge in [-0.15, -0.1) is 0 Å². The zero-order valence-corrected chi connectivity index (χ0v) is 15.2. The summed E-state index contributed by atoms with van der Waals surface area (Å²) >= 11 is 0. The third kappa shape index (κ3) is 3.79. The Morgan fingerprint density at radius 1 is 1.38 bits per heavy atom. The number of carbonyl (C=O) groups is 1. The van der Waals surface area contributed by atoms with E-state index in [0.29, 0.717) is 12.4 Å². The van der Waals surface area contributed by atoms with Gasteiger partial charge in [0.05, 0.1) is 6.04 Å². The molecule has 8 heteroatoms. The van der Waals surface area contributed by atoms with Gasteiger partial charge in [0.15, 0.2) is 0 Å². The van der Waals surface area contributed by atoms with Crippen LogP contribution in [0.1, 0.15) is 56.0 Å². The molecule has 2 aromatic heterocycles. The van der Waals surface area contributed by atoms with Crippen LogP contribution in [0.4, 0.5) is 5.82 Å². The van der Waals surface area contributed by atoms with Crippen molar-refractivity contribution in [1.29, 1.82) is 0 Å². The molecule has 140 valence electrons. The Labute approximate surface area is 152 Å². The highest BCUT2D eigenvalue weighted by Crippen LogP contribution is 2.32. The molecule has 1 aliphatic rings. The van der Waals surface area contributed by atoms with Crippen molar-refractivity contribution < 1.29 is 14.1 Å². The molecule has 1 saturated heterocycles. The highest BCUT2D eigenvalue weighted by molar-refractivity contribution is 5.76. The van der Waals surface area contributed by atoms with Crippen molar-refractivity contribution in [2.24, 2.45) is 0 Å². The van der Waals surface area contributed by atoms with E-state index in [1.165, 1.54) is 6.20 Å². The number of imidazole rings is 1. The molecule has 0 aromatic carbocycles. The second-order valence-corrected chi connectivity index (χ2v) is 6.64. The molecule has 0 N–H and O–H groups in total. The number of nitrogens with zero attached hydrogens (tertiary/aromatic N) is 4. The van der Waals surface area contributed by atoms with Crippen molar-refractivity contribution in [2.75, 3.05) is 6.54 Å². The first kappa shape index (κ1) is 18.2. The van der Waals surface area contributed by atoms with E-state index in [0.717, 1.165) is 43.6 Å². The van der Waals surface area contributed by atoms with E-state index in [-0.39, 0.29) is 24.3 Å². The average molecular weight is 360 g/mol. The van der Waals surface area contributed by atoms with Crippen LogP contribution in [-0.4, -0.2) is 31.8 Å². The molecule has 1 atom stereocenters. The van der Waals surface area contributed by atoms with Crippen LogP contribution in [0.15, 0.2) is 22.7 Å². The first-order valence-corrected chi connectivity index (χ1v) is 9.05. The predicted molar refractivity (Wildman–Crippen MR) is 94.6 cm³/mol. The number of rotatable bonds is 5. The number of hydrogen-bond donors (Lipinski definition) is 0. The lowest BCUT2D eigenvalue weighted by atomic mass is 10.1. The van der Waals surface area contributed by atoms with Crippen LogP contribution in [0.25, 0.3) is 0 Å². The first-order valence-electron chi connectivity index (χ1n) is 9.05. The fourth-order valence-corrected chi connectivity index (χ4v) is 3.44. The molecule has 0 radical (unpaired) electrons. The smallest absolute Gasteiger partial charge is 0.381 e. The zero-order chi connectivity index (χ0) is 18.7.